The van der Waals surface area contributed by atoms with E-state index in [9.17, 15) is 18.0 Å². The number of halogens is 1. The van der Waals surface area contributed by atoms with Crippen LogP contribution in [0.15, 0.2) is 39.5 Å². The molecular weight excluding hydrogens is 530 g/mol. The number of esters is 1. The Bertz CT molecular complexity index is 1430. The summed E-state index contributed by atoms with van der Waals surface area (Å²) in [6.07, 6.45) is 0.750. The lowest BCUT2D eigenvalue weighted by molar-refractivity contribution is -0.141. The molecule has 1 saturated heterocycles. The zero-order valence-corrected chi connectivity index (χ0v) is 22.8. The maximum absolute atomic E-state index is 13.1. The number of aromatic nitrogens is 1. The first-order chi connectivity index (χ1) is 16.6. The fraction of sp³-hybridized carbons (Fsp3) is 0.435. The Morgan fingerprint density at radius 1 is 1.17 bits per heavy atom. The first-order valence-corrected chi connectivity index (χ1v) is 14.6. The molecule has 1 aromatic carbocycles. The van der Waals surface area contributed by atoms with E-state index in [2.05, 4.69) is 24.9 Å². The van der Waals surface area contributed by atoms with E-state index < -0.39 is 21.9 Å². The molecule has 0 atom stereocenters. The van der Waals surface area contributed by atoms with Gasteiger partial charge in [0.05, 0.1) is 21.7 Å². The van der Waals surface area contributed by atoms with Crippen molar-refractivity contribution in [1.29, 1.82) is 0 Å². The van der Waals surface area contributed by atoms with Gasteiger partial charge in [-0.2, -0.15) is 9.30 Å². The van der Waals surface area contributed by atoms with Gasteiger partial charge in [-0.05, 0) is 48.6 Å². The molecule has 12 heteroatoms. The molecule has 0 radical (unpaired) electrons. The highest BCUT2D eigenvalue weighted by Crippen LogP contribution is 2.31. The van der Waals surface area contributed by atoms with Crippen molar-refractivity contribution in [3.63, 3.8) is 0 Å². The van der Waals surface area contributed by atoms with E-state index in [1.165, 1.54) is 28.8 Å². The Morgan fingerprint density at radius 2 is 1.89 bits per heavy atom. The lowest BCUT2D eigenvalue weighted by Crippen LogP contribution is -2.40. The molecule has 8 nitrogen and oxygen atoms in total. The topological polar surface area (TPSA) is 98.0 Å². The van der Waals surface area contributed by atoms with Crippen molar-refractivity contribution in [3.8, 4) is 0 Å². The zero-order chi connectivity index (χ0) is 25.3. The number of thiazole rings is 1. The number of fused-ring (bicyclic) bond motifs is 1. The minimum Gasteiger partial charge on any atom is -0.468 e. The molecular formula is C23H26ClN3O5S3. The zero-order valence-electron chi connectivity index (χ0n) is 19.6. The van der Waals surface area contributed by atoms with Crippen molar-refractivity contribution >= 4 is 66.4 Å². The SMILES string of the molecule is COC(=O)Cn1c(=NC(=O)C2CCN(S(=O)(=O)c3ccc(Cl)s3)CC2)sc2cc(C(C)C)ccc21. The molecule has 188 valence electrons. The van der Waals surface area contributed by atoms with Crippen LogP contribution in [0.1, 0.15) is 38.2 Å². The molecule has 1 fully saturated rings. The number of piperidine rings is 1. The largest absolute Gasteiger partial charge is 0.468 e. The molecule has 0 saturated carbocycles. The summed E-state index contributed by atoms with van der Waals surface area (Å²) in [7, 11) is -2.31. The van der Waals surface area contributed by atoms with E-state index in [4.69, 9.17) is 16.3 Å². The van der Waals surface area contributed by atoms with Crippen molar-refractivity contribution in [1.82, 2.24) is 8.87 Å². The number of amides is 1. The summed E-state index contributed by atoms with van der Waals surface area (Å²) in [5.41, 5.74) is 1.97. The van der Waals surface area contributed by atoms with Crippen LogP contribution in [0.3, 0.4) is 0 Å². The van der Waals surface area contributed by atoms with E-state index in [-0.39, 0.29) is 29.8 Å². The van der Waals surface area contributed by atoms with Crippen LogP contribution >= 0.6 is 34.3 Å². The minimum atomic E-state index is -3.63. The number of methoxy groups -OCH3 is 1. The first-order valence-electron chi connectivity index (χ1n) is 11.1. The predicted molar refractivity (Wildman–Crippen MR) is 137 cm³/mol. The number of hydrogen-bond acceptors (Lipinski definition) is 7. The lowest BCUT2D eigenvalue weighted by Gasteiger charge is -2.29. The lowest BCUT2D eigenvalue weighted by atomic mass is 9.98. The van der Waals surface area contributed by atoms with Crippen LogP contribution in [-0.2, 0) is 30.9 Å². The fourth-order valence-corrected chi connectivity index (χ4v) is 8.16. The van der Waals surface area contributed by atoms with Gasteiger partial charge in [-0.3, -0.25) is 9.59 Å². The van der Waals surface area contributed by atoms with E-state index in [0.717, 1.165) is 27.1 Å². The Morgan fingerprint density at radius 3 is 2.49 bits per heavy atom. The number of carbonyl (C=O) groups is 2. The van der Waals surface area contributed by atoms with E-state index >= 15 is 0 Å². The second-order valence-electron chi connectivity index (χ2n) is 8.62. The maximum Gasteiger partial charge on any atom is 0.325 e. The van der Waals surface area contributed by atoms with Gasteiger partial charge >= 0.3 is 5.97 Å². The summed E-state index contributed by atoms with van der Waals surface area (Å²) in [6, 6.07) is 9.07. The number of thiophene rings is 1. The van der Waals surface area contributed by atoms with Crippen LogP contribution < -0.4 is 4.80 Å². The summed E-state index contributed by atoms with van der Waals surface area (Å²) in [4.78, 5) is 29.9. The molecule has 35 heavy (non-hydrogen) atoms. The summed E-state index contributed by atoms with van der Waals surface area (Å²) in [5.74, 6) is -0.796. The monoisotopic (exact) mass is 555 g/mol. The second-order valence-corrected chi connectivity index (χ2v) is 13.5. The van der Waals surface area contributed by atoms with Gasteiger partial charge in [-0.1, -0.05) is 42.9 Å². The summed E-state index contributed by atoms with van der Waals surface area (Å²) in [6.45, 7) is 4.62. The van der Waals surface area contributed by atoms with Crippen molar-refractivity contribution < 1.29 is 22.7 Å². The van der Waals surface area contributed by atoms with Crippen LogP contribution in [0.5, 0.6) is 0 Å². The Balaban J connectivity index is 1.58. The van der Waals surface area contributed by atoms with E-state index in [1.54, 1.807) is 10.6 Å². The van der Waals surface area contributed by atoms with E-state index in [1.807, 2.05) is 12.1 Å². The van der Waals surface area contributed by atoms with Gasteiger partial charge in [0.15, 0.2) is 4.80 Å². The van der Waals surface area contributed by atoms with Gasteiger partial charge in [0.25, 0.3) is 15.9 Å². The highest BCUT2D eigenvalue weighted by atomic mass is 35.5. The molecule has 1 amide bonds. The number of ether oxygens (including phenoxy) is 1. The molecule has 0 N–H and O–H groups in total. The number of hydrogen-bond donors (Lipinski definition) is 0. The normalized spacial score (nSPS) is 16.3. The first kappa shape index (κ1) is 26.0. The third kappa shape index (κ3) is 5.54. The van der Waals surface area contributed by atoms with Gasteiger partial charge in [-0.15, -0.1) is 11.3 Å². The van der Waals surface area contributed by atoms with Crippen LogP contribution in [0, 0.1) is 5.92 Å². The predicted octanol–water partition coefficient (Wildman–Crippen LogP) is 4.24. The standard InChI is InChI=1S/C23H26ClN3O5S3/c1-14(2)16-4-5-17-18(12-16)33-23(27(17)13-20(28)32-3)25-22(29)15-8-10-26(11-9-15)35(30,31)21-7-6-19(24)34-21/h4-7,12,14-15H,8-11,13H2,1-3H3. The molecule has 2 aromatic heterocycles. The number of nitrogens with zero attached hydrogens (tertiary/aromatic N) is 3. The Kier molecular flexibility index (Phi) is 7.82. The molecule has 3 aromatic rings. The van der Waals surface area contributed by atoms with Crippen LogP contribution in [0.25, 0.3) is 10.2 Å². The highest BCUT2D eigenvalue weighted by Gasteiger charge is 2.33. The van der Waals surface area contributed by atoms with Crippen LogP contribution in [-0.4, -0.2) is 49.4 Å². The Labute approximate surface area is 216 Å². The summed E-state index contributed by atoms with van der Waals surface area (Å²) < 4.78 is 35.2. The van der Waals surface area contributed by atoms with Gasteiger partial charge in [0, 0.05) is 19.0 Å². The molecule has 1 aliphatic heterocycles. The minimum absolute atomic E-state index is 0.0519. The molecule has 0 bridgehead atoms. The van der Waals surface area contributed by atoms with Gasteiger partial charge in [0.2, 0.25) is 0 Å². The smallest absolute Gasteiger partial charge is 0.325 e. The van der Waals surface area contributed by atoms with Crippen molar-refractivity contribution in [3.05, 3.63) is 45.0 Å². The average Bonchev–Trinajstić information content (AvgIpc) is 3.42. The Hall–Kier alpha value is -2.05. The summed E-state index contributed by atoms with van der Waals surface area (Å²) in [5, 5.41) is 0. The molecule has 0 unspecified atom stereocenters. The van der Waals surface area contributed by atoms with Crippen molar-refractivity contribution in [2.75, 3.05) is 20.2 Å². The third-order valence-corrected chi connectivity index (χ3v) is 10.7. The van der Waals surface area contributed by atoms with Crippen LogP contribution in [0.2, 0.25) is 4.34 Å². The summed E-state index contributed by atoms with van der Waals surface area (Å²) >= 11 is 8.28. The maximum atomic E-state index is 13.1. The van der Waals surface area contributed by atoms with E-state index in [0.29, 0.717) is 27.9 Å². The van der Waals surface area contributed by atoms with Crippen LogP contribution in [0.4, 0.5) is 0 Å². The molecule has 0 aliphatic carbocycles. The number of rotatable bonds is 6. The van der Waals surface area contributed by atoms with Gasteiger partial charge in [0.1, 0.15) is 10.8 Å². The van der Waals surface area contributed by atoms with Gasteiger partial charge in [-0.25, -0.2) is 8.42 Å². The second kappa shape index (κ2) is 10.5. The average molecular weight is 556 g/mol. The quantitative estimate of drug-likeness (QED) is 0.424. The molecule has 0 spiro atoms. The van der Waals surface area contributed by atoms with Gasteiger partial charge < -0.3 is 9.30 Å². The number of benzene rings is 1. The van der Waals surface area contributed by atoms with Crippen molar-refractivity contribution in [2.24, 2.45) is 10.9 Å². The highest BCUT2D eigenvalue weighted by molar-refractivity contribution is 7.91. The van der Waals surface area contributed by atoms with Crippen molar-refractivity contribution in [2.45, 2.75) is 43.4 Å². The third-order valence-electron chi connectivity index (χ3n) is 6.04. The molecule has 3 heterocycles. The number of sulfonamides is 1. The number of carbonyl (C=O) groups excluding carboxylic acids is 2. The molecule has 1 aliphatic rings. The molecule has 4 rings (SSSR count). The fourth-order valence-electron chi connectivity index (χ4n) is 3.97.